The lowest BCUT2D eigenvalue weighted by Gasteiger charge is -2.29. The van der Waals surface area contributed by atoms with Gasteiger partial charge in [-0.15, -0.1) is 11.3 Å². The first-order chi connectivity index (χ1) is 30.0. The van der Waals surface area contributed by atoms with Gasteiger partial charge in [-0.25, -0.2) is 0 Å². The van der Waals surface area contributed by atoms with Gasteiger partial charge in [-0.05, 0) is 132 Å². The van der Waals surface area contributed by atoms with E-state index in [2.05, 4.69) is 231 Å². The third-order valence-corrected chi connectivity index (χ3v) is 14.2. The van der Waals surface area contributed by atoms with Crippen molar-refractivity contribution in [1.29, 1.82) is 0 Å². The molecule has 1 heterocycles. The van der Waals surface area contributed by atoms with Crippen LogP contribution >= 0.6 is 11.3 Å². The summed E-state index contributed by atoms with van der Waals surface area (Å²) in [6.45, 7) is 4.72. The SMILES string of the molecule is CC1(C)c2ccccc2-c2c(N(c3ccc(-c4ccc(-c5ccc6cc(-c7ccc8ccccc8c7)ccc6c5)cc4)cc3)c3ccc4sc5ccccc5c4c3)cccc21. The van der Waals surface area contributed by atoms with Gasteiger partial charge in [0.2, 0.25) is 0 Å². The molecule has 0 saturated carbocycles. The number of hydrogen-bond acceptors (Lipinski definition) is 2. The van der Waals surface area contributed by atoms with Gasteiger partial charge in [-0.3, -0.25) is 0 Å². The van der Waals surface area contributed by atoms with Crippen LogP contribution in [0.25, 0.3) is 86.2 Å². The van der Waals surface area contributed by atoms with Crippen LogP contribution < -0.4 is 4.90 Å². The monoisotopic (exact) mass is 795 g/mol. The molecule has 11 aromatic rings. The minimum absolute atomic E-state index is 0.0913. The predicted molar refractivity (Wildman–Crippen MR) is 263 cm³/mol. The molecular weight excluding hydrogens is 755 g/mol. The van der Waals surface area contributed by atoms with Crippen LogP contribution in [0.2, 0.25) is 0 Å². The van der Waals surface area contributed by atoms with Crippen molar-refractivity contribution in [3.8, 4) is 44.5 Å². The Hall–Kier alpha value is -7.26. The van der Waals surface area contributed by atoms with Crippen LogP contribution in [0.3, 0.4) is 0 Å². The third kappa shape index (κ3) is 5.90. The Bertz CT molecular complexity index is 3500. The molecule has 0 spiro atoms. The van der Waals surface area contributed by atoms with Gasteiger partial charge in [-0.2, -0.15) is 0 Å². The lowest BCUT2D eigenvalue weighted by molar-refractivity contribution is 0.660. The molecule has 0 fully saturated rings. The Morgan fingerprint density at radius 3 is 1.61 bits per heavy atom. The topological polar surface area (TPSA) is 3.24 Å². The lowest BCUT2D eigenvalue weighted by atomic mass is 9.82. The summed E-state index contributed by atoms with van der Waals surface area (Å²) in [4.78, 5) is 2.47. The molecule has 1 aliphatic rings. The number of fused-ring (bicyclic) bond motifs is 8. The first-order valence-electron chi connectivity index (χ1n) is 21.2. The van der Waals surface area contributed by atoms with E-state index in [1.54, 1.807) is 0 Å². The van der Waals surface area contributed by atoms with E-state index in [-0.39, 0.29) is 5.41 Å². The van der Waals surface area contributed by atoms with Crippen LogP contribution in [-0.2, 0) is 5.41 Å². The molecule has 1 aliphatic carbocycles. The summed E-state index contributed by atoms with van der Waals surface area (Å²) in [6.07, 6.45) is 0. The van der Waals surface area contributed by atoms with Gasteiger partial charge in [0, 0.05) is 42.5 Å². The largest absolute Gasteiger partial charge is 0.310 e. The van der Waals surface area contributed by atoms with Crippen molar-refractivity contribution in [2.24, 2.45) is 0 Å². The van der Waals surface area contributed by atoms with Crippen LogP contribution in [0, 0.1) is 0 Å². The summed E-state index contributed by atoms with van der Waals surface area (Å²) < 4.78 is 2.63. The van der Waals surface area contributed by atoms with E-state index in [0.29, 0.717) is 0 Å². The molecule has 0 N–H and O–H groups in total. The molecule has 0 atom stereocenters. The quantitative estimate of drug-likeness (QED) is 0.162. The summed E-state index contributed by atoms with van der Waals surface area (Å²) in [6, 6.07) is 78.7. The molecule has 0 saturated heterocycles. The summed E-state index contributed by atoms with van der Waals surface area (Å²) in [5, 5.41) is 7.63. The number of hydrogen-bond donors (Lipinski definition) is 0. The van der Waals surface area contributed by atoms with Gasteiger partial charge in [-0.1, -0.05) is 166 Å². The molecule has 0 amide bonds. The summed E-state index contributed by atoms with van der Waals surface area (Å²) >= 11 is 1.86. The fraction of sp³-hybridized carbons (Fsp3) is 0.0508. The number of thiophene rings is 1. The Labute approximate surface area is 360 Å². The molecule has 1 aromatic heterocycles. The number of nitrogens with zero attached hydrogens (tertiary/aromatic N) is 1. The van der Waals surface area contributed by atoms with Crippen LogP contribution in [0.5, 0.6) is 0 Å². The fourth-order valence-electron chi connectivity index (χ4n) is 9.83. The van der Waals surface area contributed by atoms with E-state index in [1.165, 1.54) is 103 Å². The molecule has 0 radical (unpaired) electrons. The Balaban J connectivity index is 0.886. The molecule has 2 heteroatoms. The maximum absolute atomic E-state index is 2.47. The van der Waals surface area contributed by atoms with Crippen molar-refractivity contribution in [3.05, 3.63) is 223 Å². The molecule has 61 heavy (non-hydrogen) atoms. The maximum atomic E-state index is 2.47. The van der Waals surface area contributed by atoms with Crippen LogP contribution in [0.4, 0.5) is 17.1 Å². The lowest BCUT2D eigenvalue weighted by Crippen LogP contribution is -2.16. The molecule has 288 valence electrons. The second kappa shape index (κ2) is 13.9. The van der Waals surface area contributed by atoms with Gasteiger partial charge in [0.1, 0.15) is 0 Å². The number of anilines is 3. The first-order valence-corrected chi connectivity index (χ1v) is 22.0. The predicted octanol–water partition coefficient (Wildman–Crippen LogP) is 17.1. The Kier molecular flexibility index (Phi) is 8.13. The zero-order valence-corrected chi connectivity index (χ0v) is 34.9. The number of rotatable bonds is 6. The van der Waals surface area contributed by atoms with E-state index >= 15 is 0 Å². The highest BCUT2D eigenvalue weighted by atomic mass is 32.1. The van der Waals surface area contributed by atoms with E-state index < -0.39 is 0 Å². The molecule has 0 aliphatic heterocycles. The molecule has 0 unspecified atom stereocenters. The normalized spacial score (nSPS) is 12.9. The molecule has 10 aromatic carbocycles. The van der Waals surface area contributed by atoms with Gasteiger partial charge in [0.25, 0.3) is 0 Å². The van der Waals surface area contributed by atoms with E-state index in [0.717, 1.165) is 11.4 Å². The van der Waals surface area contributed by atoms with Gasteiger partial charge in [0.15, 0.2) is 0 Å². The second-order valence-corrected chi connectivity index (χ2v) is 18.0. The molecule has 0 bridgehead atoms. The number of benzene rings is 10. The standard InChI is InChI=1S/C59H41NS/c1-59(2)53-14-7-5-13-51(53)58-54(59)15-9-16-55(58)60(49-32-33-57-52(37-49)50-12-6-8-17-56(50)61-57)48-30-28-40(29-31-48)39-18-20-41(21-19-39)43-24-25-46-36-47(27-26-45(46)35-43)44-23-22-38-10-3-4-11-42(38)34-44/h3-37H,1-2H3. The fourth-order valence-corrected chi connectivity index (χ4v) is 10.9. The third-order valence-electron chi connectivity index (χ3n) is 13.0. The van der Waals surface area contributed by atoms with E-state index in [9.17, 15) is 0 Å². The Morgan fingerprint density at radius 2 is 0.869 bits per heavy atom. The average molecular weight is 796 g/mol. The van der Waals surface area contributed by atoms with Crippen LogP contribution in [-0.4, -0.2) is 0 Å². The zero-order valence-electron chi connectivity index (χ0n) is 34.1. The first kappa shape index (κ1) is 35.7. The Morgan fingerprint density at radius 1 is 0.361 bits per heavy atom. The van der Waals surface area contributed by atoms with Crippen molar-refractivity contribution in [2.75, 3.05) is 4.90 Å². The minimum Gasteiger partial charge on any atom is -0.310 e. The molecule has 1 nitrogen and oxygen atoms in total. The zero-order chi connectivity index (χ0) is 40.7. The highest BCUT2D eigenvalue weighted by molar-refractivity contribution is 7.25. The van der Waals surface area contributed by atoms with Crippen LogP contribution in [0.15, 0.2) is 212 Å². The smallest absolute Gasteiger partial charge is 0.0543 e. The van der Waals surface area contributed by atoms with Crippen molar-refractivity contribution >= 4 is 70.1 Å². The summed E-state index contributed by atoms with van der Waals surface area (Å²) in [5.41, 5.74) is 16.1. The summed E-state index contributed by atoms with van der Waals surface area (Å²) in [7, 11) is 0. The van der Waals surface area contributed by atoms with Gasteiger partial charge in [0.05, 0.1) is 5.69 Å². The maximum Gasteiger partial charge on any atom is 0.0543 e. The highest BCUT2D eigenvalue weighted by Crippen LogP contribution is 2.54. The minimum atomic E-state index is -0.0913. The average Bonchev–Trinajstić information content (AvgIpc) is 3.80. The highest BCUT2D eigenvalue weighted by Gasteiger charge is 2.37. The van der Waals surface area contributed by atoms with Crippen molar-refractivity contribution in [2.45, 2.75) is 19.3 Å². The van der Waals surface area contributed by atoms with Crippen molar-refractivity contribution in [1.82, 2.24) is 0 Å². The van der Waals surface area contributed by atoms with E-state index in [4.69, 9.17) is 0 Å². The molecular formula is C59H41NS. The van der Waals surface area contributed by atoms with Gasteiger partial charge < -0.3 is 4.90 Å². The van der Waals surface area contributed by atoms with Crippen molar-refractivity contribution < 1.29 is 0 Å². The summed E-state index contributed by atoms with van der Waals surface area (Å²) in [5.74, 6) is 0. The van der Waals surface area contributed by atoms with Crippen LogP contribution in [0.1, 0.15) is 25.0 Å². The molecule has 12 rings (SSSR count). The van der Waals surface area contributed by atoms with Crippen molar-refractivity contribution in [3.63, 3.8) is 0 Å². The van der Waals surface area contributed by atoms with Gasteiger partial charge >= 0.3 is 0 Å². The second-order valence-electron chi connectivity index (χ2n) is 16.9. The van der Waals surface area contributed by atoms with E-state index in [1.807, 2.05) is 11.3 Å².